The van der Waals surface area contributed by atoms with E-state index in [2.05, 4.69) is 13.8 Å². The zero-order valence-electron chi connectivity index (χ0n) is 62.1. The normalized spacial score (nSPS) is 11.7. The molecule has 0 heterocycles. The van der Waals surface area contributed by atoms with E-state index < -0.39 is 20.2 Å². The topological polar surface area (TPSA) is 114 Å². The van der Waals surface area contributed by atoms with Gasteiger partial charge < -0.3 is 9.11 Å². The van der Waals surface area contributed by atoms with E-state index >= 15 is 0 Å². The van der Waals surface area contributed by atoms with Gasteiger partial charge in [-0.15, -0.1) is 0 Å². The molecule has 2 rings (SSSR count). The fraction of sp³-hybridized carbons (Fsp3) is 0.857. The van der Waals surface area contributed by atoms with Crippen LogP contribution in [-0.4, -0.2) is 63.7 Å². The molecule has 0 aliphatic carbocycles. The van der Waals surface area contributed by atoms with Gasteiger partial charge in [-0.2, -0.15) is 0 Å². The van der Waals surface area contributed by atoms with E-state index in [0.717, 1.165) is 36.8 Å². The van der Waals surface area contributed by atoms with E-state index in [4.69, 9.17) is 0 Å². The first-order valence-electron chi connectivity index (χ1n) is 41.2. The maximum Gasteiger partial charge on any atom is 2.00 e. The van der Waals surface area contributed by atoms with Gasteiger partial charge in [-0.1, -0.05) is 462 Å². The van der Waals surface area contributed by atoms with Crippen LogP contribution < -0.4 is 0 Å². The van der Waals surface area contributed by atoms with E-state index in [1.54, 1.807) is 24.3 Å². The van der Waals surface area contributed by atoms with Crippen LogP contribution in [0.1, 0.15) is 462 Å². The van der Waals surface area contributed by atoms with Crippen LogP contribution in [0.15, 0.2) is 58.3 Å². The second kappa shape index (κ2) is 72.8. The maximum absolute atomic E-state index is 11.0. The zero-order chi connectivity index (χ0) is 66.5. The Morgan fingerprint density at radius 2 is 0.301 bits per heavy atom. The number of benzene rings is 2. The Hall–Kier alpha value is -0.480. The predicted molar refractivity (Wildman–Crippen MR) is 407 cm³/mol. The third-order valence-electron chi connectivity index (χ3n) is 20.1. The van der Waals surface area contributed by atoms with Gasteiger partial charge in [-0.3, -0.25) is 0 Å². The van der Waals surface area contributed by atoms with Crippen molar-refractivity contribution in [3.05, 3.63) is 59.7 Å². The summed E-state index contributed by atoms with van der Waals surface area (Å²) in [6.45, 7) is 4.60. The number of unbranched alkanes of at least 4 members (excludes halogenated alkanes) is 66. The van der Waals surface area contributed by atoms with Gasteiger partial charge in [0, 0.05) is 0 Å². The molecule has 0 radical (unpaired) electrons. The van der Waals surface area contributed by atoms with E-state index in [1.165, 1.54) is 448 Å². The Bertz CT molecular complexity index is 1850. The Morgan fingerprint density at radius 1 is 0.194 bits per heavy atom. The average molecular weight is 1360 g/mol. The molecule has 0 atom stereocenters. The summed E-state index contributed by atoms with van der Waals surface area (Å²) in [5, 5.41) is 0. The van der Waals surface area contributed by atoms with Crippen LogP contribution in [0.2, 0.25) is 0 Å². The Morgan fingerprint density at radius 3 is 0.409 bits per heavy atom. The predicted octanol–water partition coefficient (Wildman–Crippen LogP) is 28.5. The van der Waals surface area contributed by atoms with Crippen LogP contribution in [-0.2, 0) is 33.1 Å². The molecule has 0 saturated heterocycles. The van der Waals surface area contributed by atoms with Crippen LogP contribution in [0.25, 0.3) is 0 Å². The number of aryl methyl sites for hydroxylation is 2. The van der Waals surface area contributed by atoms with Gasteiger partial charge in [-0.05, 0) is 61.1 Å². The molecule has 0 spiro atoms. The van der Waals surface area contributed by atoms with Gasteiger partial charge in [0.1, 0.15) is 20.2 Å². The van der Waals surface area contributed by atoms with Crippen LogP contribution >= 0.6 is 0 Å². The number of hydrogen-bond acceptors (Lipinski definition) is 6. The van der Waals surface area contributed by atoms with Crippen LogP contribution in [0, 0.1) is 0 Å². The molecule has 93 heavy (non-hydrogen) atoms. The summed E-state index contributed by atoms with van der Waals surface area (Å²) in [4.78, 5) is -0.264. The molecule has 0 aliphatic rings. The van der Waals surface area contributed by atoms with Crippen molar-refractivity contribution in [1.82, 2.24) is 0 Å². The molecule has 540 valence electrons. The minimum atomic E-state index is -4.33. The third-order valence-corrected chi connectivity index (χ3v) is 21.8. The minimum Gasteiger partial charge on any atom is -0.744 e. The largest absolute Gasteiger partial charge is 2.00 e. The summed E-state index contributed by atoms with van der Waals surface area (Å²) in [6, 6.07) is 12.8. The van der Waals surface area contributed by atoms with Crippen molar-refractivity contribution in [3.8, 4) is 0 Å². The molecule has 0 aliphatic heterocycles. The SMILES string of the molecule is CCCCCCCCCCCCCCCCCCCCCCCCCCCCCCCCCCCCc1ccc(S(=O)(=O)[O-])cc1.CCCCCCCCCCCCCCCCCCCCCCCCCCCCCCCCCCCCc1ccc(S(=O)(=O)[O-])cc1.[Ca+2]. The summed E-state index contributed by atoms with van der Waals surface area (Å²) in [7, 11) is -8.66. The Balaban J connectivity index is 0.00000180. The molecule has 6 nitrogen and oxygen atoms in total. The quantitative estimate of drug-likeness (QED) is 0.0370. The van der Waals surface area contributed by atoms with Crippen molar-refractivity contribution in [2.24, 2.45) is 0 Å². The van der Waals surface area contributed by atoms with Gasteiger partial charge in [-0.25, -0.2) is 16.8 Å². The van der Waals surface area contributed by atoms with E-state index in [-0.39, 0.29) is 47.5 Å². The molecule has 2 aromatic rings. The number of hydrogen-bond donors (Lipinski definition) is 0. The minimum absolute atomic E-state index is 0. The van der Waals surface area contributed by atoms with Gasteiger partial charge in [0.05, 0.1) is 9.79 Å². The molecule has 0 unspecified atom stereocenters. The second-order valence-electron chi connectivity index (χ2n) is 29.0. The second-order valence-corrected chi connectivity index (χ2v) is 31.8. The summed E-state index contributed by atoms with van der Waals surface area (Å²) >= 11 is 0. The van der Waals surface area contributed by atoms with Crippen molar-refractivity contribution in [2.45, 2.75) is 473 Å². The fourth-order valence-electron chi connectivity index (χ4n) is 13.8. The van der Waals surface area contributed by atoms with Crippen molar-refractivity contribution >= 4 is 58.0 Å². The maximum atomic E-state index is 11.0. The van der Waals surface area contributed by atoms with Gasteiger partial charge in [0.25, 0.3) is 0 Å². The van der Waals surface area contributed by atoms with Gasteiger partial charge in [0.2, 0.25) is 0 Å². The van der Waals surface area contributed by atoms with Crippen LogP contribution in [0.4, 0.5) is 0 Å². The van der Waals surface area contributed by atoms with E-state index in [9.17, 15) is 25.9 Å². The standard InChI is InChI=1S/2C42H78O3S.Ca/c2*1-2-3-4-5-6-7-8-9-10-11-12-13-14-15-16-17-18-19-20-21-22-23-24-25-26-27-28-29-30-31-32-33-34-35-36-41-37-39-42(40-38-41)46(43,44)45;/h2*37-40H,2-36H2,1H3,(H,43,44,45);/q;;+2/p-2. The summed E-state index contributed by atoms with van der Waals surface area (Å²) < 4.78 is 66.0. The first kappa shape index (κ1) is 92.5. The van der Waals surface area contributed by atoms with Crippen molar-refractivity contribution in [1.29, 1.82) is 0 Å². The van der Waals surface area contributed by atoms with Crippen LogP contribution in [0.5, 0.6) is 0 Å². The zero-order valence-corrected chi connectivity index (χ0v) is 65.9. The summed E-state index contributed by atoms with van der Waals surface area (Å²) in [6.07, 6.45) is 98.8. The smallest absolute Gasteiger partial charge is 0.744 e. The third kappa shape index (κ3) is 68.4. The first-order valence-corrected chi connectivity index (χ1v) is 44.0. The van der Waals surface area contributed by atoms with Crippen molar-refractivity contribution in [2.75, 3.05) is 0 Å². The molecule has 9 heteroatoms. The average Bonchev–Trinajstić information content (AvgIpc) is 3.67. The molecule has 0 N–H and O–H groups in total. The number of rotatable bonds is 72. The fourth-order valence-corrected chi connectivity index (χ4v) is 14.7. The molecule has 0 saturated carbocycles. The van der Waals surface area contributed by atoms with Crippen LogP contribution in [0.3, 0.4) is 0 Å². The molecule has 0 fully saturated rings. The molecular formula is C84H154CaO6S2. The molecule has 0 aromatic heterocycles. The molecule has 2 aromatic carbocycles. The van der Waals surface area contributed by atoms with Crippen molar-refractivity contribution < 1.29 is 25.9 Å². The molecule has 0 bridgehead atoms. The van der Waals surface area contributed by atoms with E-state index in [1.807, 2.05) is 0 Å². The molecular weight excluding hydrogens is 1210 g/mol. The monoisotopic (exact) mass is 1360 g/mol. The van der Waals surface area contributed by atoms with E-state index in [0.29, 0.717) is 0 Å². The van der Waals surface area contributed by atoms with Gasteiger partial charge >= 0.3 is 37.7 Å². The Labute approximate surface area is 611 Å². The van der Waals surface area contributed by atoms with Crippen molar-refractivity contribution in [3.63, 3.8) is 0 Å². The summed E-state index contributed by atoms with van der Waals surface area (Å²) in [5.74, 6) is 0. The van der Waals surface area contributed by atoms with Gasteiger partial charge in [0.15, 0.2) is 0 Å². The first-order chi connectivity index (χ1) is 45.1. The Kier molecular flexibility index (Phi) is 72.4. The summed E-state index contributed by atoms with van der Waals surface area (Å²) in [5.41, 5.74) is 2.23. The molecule has 0 amide bonds.